The van der Waals surface area contributed by atoms with Crippen LogP contribution in [-0.4, -0.2) is 12.6 Å². The molecule has 2 rings (SSSR count). The minimum Gasteiger partial charge on any atom is -0.313 e. The van der Waals surface area contributed by atoms with Crippen LogP contribution in [0.2, 0.25) is 0 Å². The Labute approximate surface area is 110 Å². The van der Waals surface area contributed by atoms with Crippen LogP contribution in [-0.2, 0) is 0 Å². The van der Waals surface area contributed by atoms with Gasteiger partial charge in [0.05, 0.1) is 0 Å². The van der Waals surface area contributed by atoms with Crippen molar-refractivity contribution in [2.75, 3.05) is 6.54 Å². The number of hydrogen-bond donors (Lipinski definition) is 1. The third-order valence-corrected chi connectivity index (χ3v) is 3.97. The van der Waals surface area contributed by atoms with Crippen LogP contribution < -0.4 is 5.32 Å². The van der Waals surface area contributed by atoms with E-state index >= 15 is 0 Å². The monoisotopic (exact) mass is 249 g/mol. The molecule has 2 atom stereocenters. The summed E-state index contributed by atoms with van der Waals surface area (Å²) in [5.74, 6) is 0.421. The normalized spacial score (nSPS) is 24.8. The second-order valence-electron chi connectivity index (χ2n) is 5.36. The van der Waals surface area contributed by atoms with Crippen LogP contribution in [0.5, 0.6) is 0 Å². The highest BCUT2D eigenvalue weighted by atomic mass is 19.1. The van der Waals surface area contributed by atoms with Crippen LogP contribution in [0.1, 0.15) is 56.9 Å². The summed E-state index contributed by atoms with van der Waals surface area (Å²) in [5, 5.41) is 3.68. The number of hydrogen-bond acceptors (Lipinski definition) is 1. The second kappa shape index (κ2) is 6.89. The fourth-order valence-corrected chi connectivity index (χ4v) is 2.99. The van der Waals surface area contributed by atoms with Gasteiger partial charge in [0.2, 0.25) is 0 Å². The van der Waals surface area contributed by atoms with Crippen LogP contribution >= 0.6 is 0 Å². The summed E-state index contributed by atoms with van der Waals surface area (Å²) in [7, 11) is 0. The fourth-order valence-electron chi connectivity index (χ4n) is 2.99. The molecule has 1 aliphatic carbocycles. The molecule has 1 fully saturated rings. The lowest BCUT2D eigenvalue weighted by atomic mass is 9.87. The van der Waals surface area contributed by atoms with Crippen LogP contribution in [0, 0.1) is 5.82 Å². The predicted octanol–water partition coefficient (Wildman–Crippen LogP) is 4.24. The van der Waals surface area contributed by atoms with Gasteiger partial charge in [-0.3, -0.25) is 0 Å². The van der Waals surface area contributed by atoms with Gasteiger partial charge in [-0.25, -0.2) is 4.39 Å². The number of benzene rings is 1. The second-order valence-corrected chi connectivity index (χ2v) is 5.36. The summed E-state index contributed by atoms with van der Waals surface area (Å²) < 4.78 is 13.0. The Balaban J connectivity index is 2.11. The molecule has 1 aromatic carbocycles. The van der Waals surface area contributed by atoms with Crippen molar-refractivity contribution in [2.45, 2.75) is 57.4 Å². The molecule has 0 bridgehead atoms. The first kappa shape index (κ1) is 13.5. The highest BCUT2D eigenvalue weighted by Crippen LogP contribution is 2.32. The molecule has 0 radical (unpaired) electrons. The summed E-state index contributed by atoms with van der Waals surface area (Å²) in [6.07, 6.45) is 7.61. The van der Waals surface area contributed by atoms with E-state index in [1.807, 2.05) is 12.1 Å². The molecule has 0 spiro atoms. The lowest BCUT2D eigenvalue weighted by Crippen LogP contribution is -2.34. The molecule has 1 nitrogen and oxygen atoms in total. The molecule has 0 aromatic heterocycles. The SMILES string of the molecule is CCCNC1CCCCCC1c1ccc(F)cc1. The van der Waals surface area contributed by atoms with Crippen molar-refractivity contribution in [3.63, 3.8) is 0 Å². The average molecular weight is 249 g/mol. The van der Waals surface area contributed by atoms with Gasteiger partial charge < -0.3 is 5.32 Å². The van der Waals surface area contributed by atoms with Gasteiger partial charge in [-0.15, -0.1) is 0 Å². The molecule has 100 valence electrons. The Morgan fingerprint density at radius 1 is 1.11 bits per heavy atom. The lowest BCUT2D eigenvalue weighted by molar-refractivity contribution is 0.410. The summed E-state index contributed by atoms with van der Waals surface area (Å²) in [6.45, 7) is 3.29. The quantitative estimate of drug-likeness (QED) is 0.787. The van der Waals surface area contributed by atoms with Crippen molar-refractivity contribution in [1.29, 1.82) is 0 Å². The van der Waals surface area contributed by atoms with Crippen LogP contribution in [0.3, 0.4) is 0 Å². The molecule has 2 unspecified atom stereocenters. The van der Waals surface area contributed by atoms with Crippen molar-refractivity contribution in [3.05, 3.63) is 35.6 Å². The van der Waals surface area contributed by atoms with Crippen molar-refractivity contribution in [3.8, 4) is 0 Å². The zero-order valence-corrected chi connectivity index (χ0v) is 11.3. The molecule has 2 heteroatoms. The molecule has 1 aliphatic rings. The maximum absolute atomic E-state index is 13.0. The smallest absolute Gasteiger partial charge is 0.123 e. The van der Waals surface area contributed by atoms with Gasteiger partial charge in [0.25, 0.3) is 0 Å². The van der Waals surface area contributed by atoms with Crippen LogP contribution in [0.25, 0.3) is 0 Å². The van der Waals surface area contributed by atoms with Crippen molar-refractivity contribution in [1.82, 2.24) is 5.32 Å². The maximum atomic E-state index is 13.0. The topological polar surface area (TPSA) is 12.0 Å². The molecule has 1 aromatic rings. The van der Waals surface area contributed by atoms with Gasteiger partial charge in [-0.1, -0.05) is 38.3 Å². The Hall–Kier alpha value is -0.890. The van der Waals surface area contributed by atoms with Gasteiger partial charge in [-0.05, 0) is 49.4 Å². The molecular formula is C16H24FN. The summed E-state index contributed by atoms with van der Waals surface area (Å²) >= 11 is 0. The lowest BCUT2D eigenvalue weighted by Gasteiger charge is -2.26. The maximum Gasteiger partial charge on any atom is 0.123 e. The molecule has 0 saturated heterocycles. The van der Waals surface area contributed by atoms with Gasteiger partial charge in [0.1, 0.15) is 5.82 Å². The first-order chi connectivity index (χ1) is 8.81. The number of halogens is 1. The van der Waals surface area contributed by atoms with Crippen molar-refractivity contribution in [2.24, 2.45) is 0 Å². The van der Waals surface area contributed by atoms with Crippen molar-refractivity contribution >= 4 is 0 Å². The molecule has 18 heavy (non-hydrogen) atoms. The molecule has 0 amide bonds. The van der Waals surface area contributed by atoms with E-state index in [1.54, 1.807) is 12.1 Å². The molecule has 1 saturated carbocycles. The van der Waals surface area contributed by atoms with Gasteiger partial charge in [-0.2, -0.15) is 0 Å². The van der Waals surface area contributed by atoms with Crippen LogP contribution in [0.15, 0.2) is 24.3 Å². The summed E-state index contributed by atoms with van der Waals surface area (Å²) in [6, 6.07) is 7.68. The first-order valence-electron chi connectivity index (χ1n) is 7.30. The predicted molar refractivity (Wildman–Crippen MR) is 74.3 cm³/mol. The fraction of sp³-hybridized carbons (Fsp3) is 0.625. The molecule has 0 aliphatic heterocycles. The third-order valence-electron chi connectivity index (χ3n) is 3.97. The van der Waals surface area contributed by atoms with Gasteiger partial charge >= 0.3 is 0 Å². The minimum absolute atomic E-state index is 0.134. The van der Waals surface area contributed by atoms with Crippen LogP contribution in [0.4, 0.5) is 4.39 Å². The van der Waals surface area contributed by atoms with E-state index in [4.69, 9.17) is 0 Å². The van der Waals surface area contributed by atoms with Gasteiger partial charge in [0, 0.05) is 6.04 Å². The minimum atomic E-state index is -0.134. The van der Waals surface area contributed by atoms with Crippen molar-refractivity contribution < 1.29 is 4.39 Å². The van der Waals surface area contributed by atoms with E-state index in [2.05, 4.69) is 12.2 Å². The molecule has 1 N–H and O–H groups in total. The number of nitrogens with one attached hydrogen (secondary N) is 1. The Morgan fingerprint density at radius 3 is 2.56 bits per heavy atom. The standard InChI is InChI=1S/C16H24FN/c1-2-12-18-16-7-5-3-4-6-15(16)13-8-10-14(17)11-9-13/h8-11,15-16,18H,2-7,12H2,1H3. The Bertz CT molecular complexity index is 347. The summed E-state index contributed by atoms with van der Waals surface area (Å²) in [5.41, 5.74) is 1.30. The van der Waals surface area contributed by atoms with E-state index < -0.39 is 0 Å². The van der Waals surface area contributed by atoms with E-state index in [0.717, 1.165) is 6.54 Å². The van der Waals surface area contributed by atoms with E-state index in [9.17, 15) is 4.39 Å². The largest absolute Gasteiger partial charge is 0.313 e. The zero-order chi connectivity index (χ0) is 12.8. The first-order valence-corrected chi connectivity index (χ1v) is 7.30. The Morgan fingerprint density at radius 2 is 1.83 bits per heavy atom. The third kappa shape index (κ3) is 3.55. The zero-order valence-electron chi connectivity index (χ0n) is 11.3. The van der Waals surface area contributed by atoms with E-state index in [1.165, 1.54) is 44.1 Å². The van der Waals surface area contributed by atoms with E-state index in [-0.39, 0.29) is 5.82 Å². The molecule has 0 heterocycles. The molecular weight excluding hydrogens is 225 g/mol. The average Bonchev–Trinajstić information content (AvgIpc) is 2.62. The summed E-state index contributed by atoms with van der Waals surface area (Å²) in [4.78, 5) is 0. The van der Waals surface area contributed by atoms with Gasteiger partial charge in [0.15, 0.2) is 0 Å². The number of rotatable bonds is 4. The van der Waals surface area contributed by atoms with E-state index in [0.29, 0.717) is 12.0 Å². The highest BCUT2D eigenvalue weighted by molar-refractivity contribution is 5.22. The highest BCUT2D eigenvalue weighted by Gasteiger charge is 2.24. The Kier molecular flexibility index (Phi) is 5.18.